The Kier molecular flexibility index (Phi) is 4.28. The van der Waals surface area contributed by atoms with Crippen molar-refractivity contribution in [2.75, 3.05) is 31.6 Å². The molecule has 0 spiro atoms. The van der Waals surface area contributed by atoms with E-state index in [1.807, 2.05) is 13.1 Å². The number of aromatic nitrogens is 2. The number of nitrogens with one attached hydrogen (secondary N) is 1. The Balaban J connectivity index is 2.30. The maximum Gasteiger partial charge on any atom is 0.150 e. The second-order valence-corrected chi connectivity index (χ2v) is 4.84. The van der Waals surface area contributed by atoms with Crippen molar-refractivity contribution in [1.29, 1.82) is 0 Å². The molecule has 5 heteroatoms. The van der Waals surface area contributed by atoms with Crippen LogP contribution in [-0.4, -0.2) is 36.6 Å². The largest absolute Gasteiger partial charge is 0.354 e. The molecule has 0 amide bonds. The Bertz CT molecular complexity index is 468. The minimum absolute atomic E-state index is 0.969. The van der Waals surface area contributed by atoms with E-state index in [1.54, 1.807) is 17.7 Å². The molecule has 0 saturated heterocycles. The van der Waals surface area contributed by atoms with Crippen LogP contribution in [0.3, 0.4) is 0 Å². The van der Waals surface area contributed by atoms with Crippen molar-refractivity contribution in [3.05, 3.63) is 17.8 Å². The normalized spacial score (nSPS) is 10.9. The van der Waals surface area contributed by atoms with Gasteiger partial charge in [0.2, 0.25) is 0 Å². The summed E-state index contributed by atoms with van der Waals surface area (Å²) in [5, 5.41) is 5.26. The Morgan fingerprint density at radius 1 is 1.35 bits per heavy atom. The van der Waals surface area contributed by atoms with Crippen LogP contribution < -0.4 is 10.2 Å². The summed E-state index contributed by atoms with van der Waals surface area (Å²) in [5.41, 5.74) is 1.05. The first kappa shape index (κ1) is 12.3. The molecule has 2 aromatic heterocycles. The molecule has 0 aliphatic carbocycles. The molecule has 92 valence electrons. The quantitative estimate of drug-likeness (QED) is 0.852. The van der Waals surface area contributed by atoms with E-state index in [4.69, 9.17) is 0 Å². The highest BCUT2D eigenvalue weighted by Crippen LogP contribution is 2.27. The van der Waals surface area contributed by atoms with Crippen LogP contribution >= 0.6 is 11.3 Å². The molecule has 2 aromatic rings. The number of fused-ring (bicyclic) bond motifs is 1. The van der Waals surface area contributed by atoms with Crippen molar-refractivity contribution in [2.45, 2.75) is 13.3 Å². The van der Waals surface area contributed by atoms with Crippen LogP contribution in [0.4, 0.5) is 5.82 Å². The number of nitrogens with zero attached hydrogens (tertiary/aromatic N) is 3. The molecule has 4 nitrogen and oxygen atoms in total. The van der Waals surface area contributed by atoms with Crippen LogP contribution in [0.2, 0.25) is 0 Å². The summed E-state index contributed by atoms with van der Waals surface area (Å²) in [7, 11) is 1.98. The average Bonchev–Trinajstić information content (AvgIpc) is 2.82. The lowest BCUT2D eigenvalue weighted by Gasteiger charge is -2.23. The lowest BCUT2D eigenvalue weighted by Crippen LogP contribution is -2.32. The van der Waals surface area contributed by atoms with Gasteiger partial charge in [0, 0.05) is 19.6 Å². The molecule has 0 fully saturated rings. The van der Waals surface area contributed by atoms with Crippen LogP contribution in [0.5, 0.6) is 0 Å². The number of thiophene rings is 1. The summed E-state index contributed by atoms with van der Waals surface area (Å²) in [6.07, 6.45) is 2.78. The predicted octanol–water partition coefficient (Wildman–Crippen LogP) is 2.13. The van der Waals surface area contributed by atoms with Gasteiger partial charge < -0.3 is 10.2 Å². The van der Waals surface area contributed by atoms with Crippen molar-refractivity contribution in [2.24, 2.45) is 0 Å². The van der Waals surface area contributed by atoms with Gasteiger partial charge >= 0.3 is 0 Å². The monoisotopic (exact) mass is 250 g/mol. The molecular weight excluding hydrogens is 232 g/mol. The fraction of sp³-hybridized carbons (Fsp3) is 0.500. The van der Waals surface area contributed by atoms with Gasteiger partial charge in [0.25, 0.3) is 0 Å². The van der Waals surface area contributed by atoms with Gasteiger partial charge in [-0.25, -0.2) is 9.97 Å². The Hall–Kier alpha value is -1.20. The number of hydrogen-bond acceptors (Lipinski definition) is 5. The first-order valence-electron chi connectivity index (χ1n) is 5.94. The van der Waals surface area contributed by atoms with Gasteiger partial charge in [-0.05, 0) is 24.9 Å². The Morgan fingerprint density at radius 3 is 3.00 bits per heavy atom. The van der Waals surface area contributed by atoms with Crippen molar-refractivity contribution in [3.8, 4) is 0 Å². The van der Waals surface area contributed by atoms with E-state index >= 15 is 0 Å². The van der Waals surface area contributed by atoms with Gasteiger partial charge in [-0.2, -0.15) is 0 Å². The smallest absolute Gasteiger partial charge is 0.150 e. The van der Waals surface area contributed by atoms with Crippen molar-refractivity contribution in [3.63, 3.8) is 0 Å². The van der Waals surface area contributed by atoms with Crippen LogP contribution in [-0.2, 0) is 0 Å². The fourth-order valence-electron chi connectivity index (χ4n) is 1.84. The molecule has 0 unspecified atom stereocenters. The molecule has 2 rings (SSSR count). The third-order valence-corrected chi connectivity index (χ3v) is 3.55. The van der Waals surface area contributed by atoms with E-state index in [0.29, 0.717) is 0 Å². The summed E-state index contributed by atoms with van der Waals surface area (Å²) in [5.74, 6) is 1.07. The number of anilines is 1. The highest BCUT2D eigenvalue weighted by atomic mass is 32.1. The maximum absolute atomic E-state index is 4.45. The van der Waals surface area contributed by atoms with Crippen LogP contribution in [0.15, 0.2) is 17.8 Å². The highest BCUT2D eigenvalue weighted by Gasteiger charge is 2.11. The molecule has 0 atom stereocenters. The molecule has 0 radical (unpaired) electrons. The molecule has 0 aromatic carbocycles. The topological polar surface area (TPSA) is 41.0 Å². The zero-order chi connectivity index (χ0) is 12.1. The minimum Gasteiger partial charge on any atom is -0.354 e. The van der Waals surface area contributed by atoms with E-state index in [1.165, 1.54) is 4.70 Å². The van der Waals surface area contributed by atoms with Crippen molar-refractivity contribution >= 4 is 27.4 Å². The molecule has 1 N–H and O–H groups in total. The molecular formula is C12H18N4S. The Labute approximate surface area is 106 Å². The highest BCUT2D eigenvalue weighted by molar-refractivity contribution is 7.17. The van der Waals surface area contributed by atoms with Crippen LogP contribution in [0.1, 0.15) is 13.3 Å². The lowest BCUT2D eigenvalue weighted by molar-refractivity contribution is 0.704. The lowest BCUT2D eigenvalue weighted by atomic mass is 10.3. The maximum atomic E-state index is 4.45. The van der Waals surface area contributed by atoms with Gasteiger partial charge in [0.1, 0.15) is 12.1 Å². The predicted molar refractivity (Wildman–Crippen MR) is 73.8 cm³/mol. The van der Waals surface area contributed by atoms with Gasteiger partial charge in [0.05, 0.1) is 10.2 Å². The number of rotatable bonds is 6. The van der Waals surface area contributed by atoms with Crippen molar-refractivity contribution in [1.82, 2.24) is 15.3 Å². The van der Waals surface area contributed by atoms with Gasteiger partial charge in [0.15, 0.2) is 0 Å². The standard InChI is InChI=1S/C12H18N4S/c1-3-6-16(7-5-13-2)12-11-10(4-8-17-11)14-9-15-12/h4,8-9,13H,3,5-7H2,1-2H3. The van der Waals surface area contributed by atoms with E-state index in [2.05, 4.69) is 32.5 Å². The number of likely N-dealkylation sites (N-methyl/N-ethyl adjacent to an activating group) is 1. The number of hydrogen-bond donors (Lipinski definition) is 1. The summed E-state index contributed by atoms with van der Waals surface area (Å²) in [6.45, 7) is 5.18. The van der Waals surface area contributed by atoms with E-state index in [0.717, 1.165) is 37.4 Å². The molecule has 2 heterocycles. The van der Waals surface area contributed by atoms with E-state index in [9.17, 15) is 0 Å². The first-order chi connectivity index (χ1) is 8.36. The Morgan fingerprint density at radius 2 is 2.24 bits per heavy atom. The van der Waals surface area contributed by atoms with Gasteiger partial charge in [-0.1, -0.05) is 6.92 Å². The van der Waals surface area contributed by atoms with E-state index < -0.39 is 0 Å². The average molecular weight is 250 g/mol. The van der Waals surface area contributed by atoms with Crippen LogP contribution in [0, 0.1) is 0 Å². The van der Waals surface area contributed by atoms with Gasteiger partial charge in [-0.3, -0.25) is 0 Å². The molecule has 0 bridgehead atoms. The van der Waals surface area contributed by atoms with Crippen LogP contribution in [0.25, 0.3) is 10.2 Å². The van der Waals surface area contributed by atoms with Gasteiger partial charge in [-0.15, -0.1) is 11.3 Å². The zero-order valence-corrected chi connectivity index (χ0v) is 11.1. The summed E-state index contributed by atoms with van der Waals surface area (Å²) in [4.78, 5) is 11.1. The third-order valence-electron chi connectivity index (χ3n) is 2.65. The third kappa shape index (κ3) is 2.73. The molecule has 17 heavy (non-hydrogen) atoms. The summed E-state index contributed by atoms with van der Waals surface area (Å²) < 4.78 is 1.19. The second-order valence-electron chi connectivity index (χ2n) is 3.92. The molecule has 0 saturated carbocycles. The molecule has 0 aliphatic heterocycles. The fourth-order valence-corrected chi connectivity index (χ4v) is 2.70. The van der Waals surface area contributed by atoms with E-state index in [-0.39, 0.29) is 0 Å². The first-order valence-corrected chi connectivity index (χ1v) is 6.82. The molecule has 0 aliphatic rings. The second kappa shape index (κ2) is 5.93. The zero-order valence-electron chi connectivity index (χ0n) is 10.3. The SMILES string of the molecule is CCCN(CCNC)c1ncnc2ccsc12. The summed E-state index contributed by atoms with van der Waals surface area (Å²) >= 11 is 1.71. The minimum atomic E-state index is 0.969. The van der Waals surface area contributed by atoms with Crippen molar-refractivity contribution < 1.29 is 0 Å². The summed E-state index contributed by atoms with van der Waals surface area (Å²) in [6, 6.07) is 2.05.